The van der Waals surface area contributed by atoms with Crippen LogP contribution in [-0.2, 0) is 9.53 Å². The van der Waals surface area contributed by atoms with Crippen LogP contribution in [0.3, 0.4) is 0 Å². The maximum Gasteiger partial charge on any atom is 0.237 e. The second-order valence-corrected chi connectivity index (χ2v) is 5.40. The molecule has 0 spiro atoms. The lowest BCUT2D eigenvalue weighted by Crippen LogP contribution is -2.53. The third-order valence-electron chi connectivity index (χ3n) is 3.42. The minimum Gasteiger partial charge on any atom is -0.381 e. The first-order valence-corrected chi connectivity index (χ1v) is 7.69. The van der Waals surface area contributed by atoms with E-state index in [9.17, 15) is 4.79 Å². The van der Waals surface area contributed by atoms with Crippen LogP contribution >= 0.6 is 0 Å². The molecule has 1 atom stereocenters. The smallest absolute Gasteiger partial charge is 0.237 e. The third kappa shape index (κ3) is 9.00. The Labute approximate surface area is 118 Å². The molecule has 4 nitrogen and oxygen atoms in total. The molecule has 0 bridgehead atoms. The minimum absolute atomic E-state index is 0.274. The van der Waals surface area contributed by atoms with Crippen LogP contribution in [0.5, 0.6) is 0 Å². The highest BCUT2D eigenvalue weighted by Crippen LogP contribution is 2.12. The fraction of sp³-hybridized carbons (Fsp3) is 0.933. The Morgan fingerprint density at radius 2 is 1.79 bits per heavy atom. The van der Waals surface area contributed by atoms with Crippen molar-refractivity contribution in [2.75, 3.05) is 19.8 Å². The largest absolute Gasteiger partial charge is 0.381 e. The number of amides is 1. The Morgan fingerprint density at radius 3 is 2.37 bits per heavy atom. The lowest BCUT2D eigenvalue weighted by Gasteiger charge is -2.27. The number of nitrogens with one attached hydrogen (secondary N) is 1. The highest BCUT2D eigenvalue weighted by Gasteiger charge is 2.29. The van der Waals surface area contributed by atoms with Gasteiger partial charge in [0.1, 0.15) is 0 Å². The molecular formula is C15H32N2O2. The van der Waals surface area contributed by atoms with Crippen molar-refractivity contribution < 1.29 is 9.53 Å². The Bertz CT molecular complexity index is 234. The van der Waals surface area contributed by atoms with E-state index >= 15 is 0 Å². The van der Waals surface area contributed by atoms with E-state index in [2.05, 4.69) is 19.2 Å². The zero-order valence-electron chi connectivity index (χ0n) is 13.0. The molecule has 0 radical (unpaired) electrons. The van der Waals surface area contributed by atoms with Crippen molar-refractivity contribution in [3.05, 3.63) is 0 Å². The summed E-state index contributed by atoms with van der Waals surface area (Å²) in [5.41, 5.74) is 4.87. The number of primary amides is 1. The molecule has 1 unspecified atom stereocenters. The van der Waals surface area contributed by atoms with Crippen molar-refractivity contribution in [3.63, 3.8) is 0 Å². The van der Waals surface area contributed by atoms with Crippen LogP contribution in [0.25, 0.3) is 0 Å². The van der Waals surface area contributed by atoms with Crippen LogP contribution < -0.4 is 11.1 Å². The highest BCUT2D eigenvalue weighted by atomic mass is 16.5. The van der Waals surface area contributed by atoms with E-state index in [1.807, 2.05) is 6.92 Å². The van der Waals surface area contributed by atoms with E-state index in [0.29, 0.717) is 6.61 Å². The first kappa shape index (κ1) is 18.4. The summed E-state index contributed by atoms with van der Waals surface area (Å²) in [4.78, 5) is 11.5. The molecule has 0 aromatic heterocycles. The molecule has 0 aliphatic heterocycles. The Balaban J connectivity index is 3.67. The first-order valence-electron chi connectivity index (χ1n) is 7.69. The van der Waals surface area contributed by atoms with Crippen LogP contribution in [0, 0.1) is 0 Å². The second-order valence-electron chi connectivity index (χ2n) is 5.40. The standard InChI is InChI=1S/C15H32N2O2/c1-4-6-7-8-12-19-13-9-10-15(3,14(16)18)17-11-5-2/h17H,4-13H2,1-3H3,(H2,16,18). The molecule has 0 saturated heterocycles. The summed E-state index contributed by atoms with van der Waals surface area (Å²) in [6.45, 7) is 8.52. The number of rotatable bonds is 13. The molecule has 0 fully saturated rings. The Morgan fingerprint density at radius 1 is 1.11 bits per heavy atom. The van der Waals surface area contributed by atoms with Crippen molar-refractivity contribution in [3.8, 4) is 0 Å². The van der Waals surface area contributed by atoms with E-state index in [4.69, 9.17) is 10.5 Å². The van der Waals surface area contributed by atoms with Crippen LogP contribution in [0.2, 0.25) is 0 Å². The van der Waals surface area contributed by atoms with Gasteiger partial charge in [-0.15, -0.1) is 0 Å². The summed E-state index contributed by atoms with van der Waals surface area (Å²) in [6, 6.07) is 0. The Kier molecular flexibility index (Phi) is 10.9. The average Bonchev–Trinajstić information content (AvgIpc) is 2.39. The predicted octanol–water partition coefficient (Wildman–Crippen LogP) is 2.61. The van der Waals surface area contributed by atoms with E-state index in [1.165, 1.54) is 19.3 Å². The summed E-state index contributed by atoms with van der Waals surface area (Å²) < 4.78 is 5.58. The lowest BCUT2D eigenvalue weighted by molar-refractivity contribution is -0.124. The Hall–Kier alpha value is -0.610. The number of nitrogens with two attached hydrogens (primary N) is 1. The van der Waals surface area contributed by atoms with Gasteiger partial charge in [0.25, 0.3) is 0 Å². The zero-order valence-corrected chi connectivity index (χ0v) is 13.0. The molecule has 1 amide bonds. The number of carbonyl (C=O) groups is 1. The fourth-order valence-corrected chi connectivity index (χ4v) is 1.96. The van der Waals surface area contributed by atoms with Gasteiger partial charge in [-0.05, 0) is 39.2 Å². The topological polar surface area (TPSA) is 64.3 Å². The van der Waals surface area contributed by atoms with Crippen LogP contribution in [0.15, 0.2) is 0 Å². The molecule has 0 aromatic carbocycles. The summed E-state index contributed by atoms with van der Waals surface area (Å²) in [7, 11) is 0. The van der Waals surface area contributed by atoms with Crippen LogP contribution in [-0.4, -0.2) is 31.2 Å². The normalized spacial score (nSPS) is 14.3. The minimum atomic E-state index is -0.596. The van der Waals surface area contributed by atoms with Crippen molar-refractivity contribution in [2.24, 2.45) is 5.73 Å². The molecule has 19 heavy (non-hydrogen) atoms. The van der Waals surface area contributed by atoms with Crippen LogP contribution in [0.1, 0.15) is 65.7 Å². The predicted molar refractivity (Wildman–Crippen MR) is 80.1 cm³/mol. The van der Waals surface area contributed by atoms with Crippen molar-refractivity contribution in [1.29, 1.82) is 0 Å². The molecular weight excluding hydrogens is 240 g/mol. The van der Waals surface area contributed by atoms with Crippen molar-refractivity contribution in [2.45, 2.75) is 71.3 Å². The van der Waals surface area contributed by atoms with Gasteiger partial charge in [0.2, 0.25) is 5.91 Å². The molecule has 114 valence electrons. The second kappa shape index (κ2) is 11.2. The zero-order chi connectivity index (χ0) is 14.6. The quantitative estimate of drug-likeness (QED) is 0.507. The van der Waals surface area contributed by atoms with Gasteiger partial charge in [-0.3, -0.25) is 4.79 Å². The molecule has 0 heterocycles. The van der Waals surface area contributed by atoms with E-state index in [1.54, 1.807) is 0 Å². The molecule has 0 aliphatic carbocycles. The summed E-state index contributed by atoms with van der Waals surface area (Å²) in [5.74, 6) is -0.274. The molecule has 0 aromatic rings. The van der Waals surface area contributed by atoms with Gasteiger partial charge >= 0.3 is 0 Å². The number of hydrogen-bond acceptors (Lipinski definition) is 3. The summed E-state index contributed by atoms with van der Waals surface area (Å²) in [6.07, 6.45) is 7.50. The van der Waals surface area contributed by atoms with E-state index in [0.717, 1.165) is 38.8 Å². The maximum atomic E-state index is 11.5. The van der Waals surface area contributed by atoms with E-state index in [-0.39, 0.29) is 5.91 Å². The highest BCUT2D eigenvalue weighted by molar-refractivity contribution is 5.84. The average molecular weight is 272 g/mol. The SMILES string of the molecule is CCCCCCOCCCC(C)(NCCC)C(N)=O. The number of ether oxygens (including phenoxy) is 1. The molecule has 3 N–H and O–H groups in total. The summed E-state index contributed by atoms with van der Waals surface area (Å²) >= 11 is 0. The molecule has 0 saturated carbocycles. The van der Waals surface area contributed by atoms with Gasteiger partial charge in [-0.25, -0.2) is 0 Å². The lowest BCUT2D eigenvalue weighted by atomic mass is 9.95. The van der Waals surface area contributed by atoms with Gasteiger partial charge in [0, 0.05) is 13.2 Å². The van der Waals surface area contributed by atoms with Crippen LogP contribution in [0.4, 0.5) is 0 Å². The monoisotopic (exact) mass is 272 g/mol. The number of unbranched alkanes of at least 4 members (excludes halogenated alkanes) is 3. The van der Waals surface area contributed by atoms with Gasteiger partial charge in [-0.1, -0.05) is 33.1 Å². The number of carbonyl (C=O) groups excluding carboxylic acids is 1. The van der Waals surface area contributed by atoms with Gasteiger partial charge < -0.3 is 15.8 Å². The first-order chi connectivity index (χ1) is 9.06. The number of hydrogen-bond donors (Lipinski definition) is 2. The van der Waals surface area contributed by atoms with Crippen molar-refractivity contribution in [1.82, 2.24) is 5.32 Å². The molecule has 4 heteroatoms. The maximum absolute atomic E-state index is 11.5. The van der Waals surface area contributed by atoms with Crippen molar-refractivity contribution >= 4 is 5.91 Å². The fourth-order valence-electron chi connectivity index (χ4n) is 1.96. The van der Waals surface area contributed by atoms with E-state index < -0.39 is 5.54 Å². The third-order valence-corrected chi connectivity index (χ3v) is 3.42. The van der Waals surface area contributed by atoms with Gasteiger partial charge in [0.05, 0.1) is 5.54 Å². The summed E-state index contributed by atoms with van der Waals surface area (Å²) in [5, 5.41) is 3.23. The van der Waals surface area contributed by atoms with Gasteiger partial charge in [-0.2, -0.15) is 0 Å². The molecule has 0 aliphatic rings. The molecule has 0 rings (SSSR count). The van der Waals surface area contributed by atoms with Gasteiger partial charge in [0.15, 0.2) is 0 Å².